The highest BCUT2D eigenvalue weighted by molar-refractivity contribution is 5.94. The first-order valence-electron chi connectivity index (χ1n) is 8.32. The Kier molecular flexibility index (Phi) is 5.40. The van der Waals surface area contributed by atoms with Crippen LogP contribution in [0.4, 0.5) is 9.18 Å². The summed E-state index contributed by atoms with van der Waals surface area (Å²) in [5.41, 5.74) is 1.93. The molecule has 0 aromatic heterocycles. The molecule has 3 rings (SSSR count). The van der Waals surface area contributed by atoms with Gasteiger partial charge < -0.3 is 20.1 Å². The summed E-state index contributed by atoms with van der Waals surface area (Å²) in [6.07, 6.45) is 0. The molecule has 0 saturated carbocycles. The molecule has 1 aliphatic rings. The molecule has 2 aromatic carbocycles. The molecule has 0 unspecified atom stereocenters. The Labute approximate surface area is 156 Å². The molecular weight excluding hydrogens is 351 g/mol. The zero-order valence-electron chi connectivity index (χ0n) is 14.9. The Morgan fingerprint density at radius 2 is 1.85 bits per heavy atom. The number of methoxy groups -OCH3 is 1. The SMILES string of the molecule is COC(=O)C1=C(C)NC(=O)N[C@H]1c1ccc(OCc2ccccc2F)cc1. The number of carbonyl (C=O) groups excluding carboxylic acids is 2. The third-order valence-corrected chi connectivity index (χ3v) is 4.24. The van der Waals surface area contributed by atoms with Crippen molar-refractivity contribution in [3.8, 4) is 5.75 Å². The highest BCUT2D eigenvalue weighted by Gasteiger charge is 2.31. The average molecular weight is 370 g/mol. The van der Waals surface area contributed by atoms with Crippen molar-refractivity contribution in [3.63, 3.8) is 0 Å². The van der Waals surface area contributed by atoms with Crippen LogP contribution in [0.3, 0.4) is 0 Å². The minimum Gasteiger partial charge on any atom is -0.489 e. The Bertz CT molecular complexity index is 893. The number of benzene rings is 2. The van der Waals surface area contributed by atoms with Crippen molar-refractivity contribution in [1.82, 2.24) is 10.6 Å². The second kappa shape index (κ2) is 7.90. The Morgan fingerprint density at radius 1 is 1.15 bits per heavy atom. The van der Waals surface area contributed by atoms with Crippen LogP contribution in [0.15, 0.2) is 59.8 Å². The Hall–Kier alpha value is -3.35. The van der Waals surface area contributed by atoms with Crippen molar-refractivity contribution < 1.29 is 23.5 Å². The summed E-state index contributed by atoms with van der Waals surface area (Å²) < 4.78 is 24.1. The fraction of sp³-hybridized carbons (Fsp3) is 0.200. The molecule has 0 fully saturated rings. The second-order valence-corrected chi connectivity index (χ2v) is 6.01. The number of halogens is 1. The molecule has 27 heavy (non-hydrogen) atoms. The van der Waals surface area contributed by atoms with Crippen molar-refractivity contribution >= 4 is 12.0 Å². The van der Waals surface area contributed by atoms with Gasteiger partial charge in [-0.05, 0) is 30.7 Å². The third kappa shape index (κ3) is 4.08. The van der Waals surface area contributed by atoms with Crippen LogP contribution in [0.2, 0.25) is 0 Å². The molecule has 2 amide bonds. The minimum atomic E-state index is -0.633. The van der Waals surface area contributed by atoms with Crippen LogP contribution in [-0.2, 0) is 16.1 Å². The zero-order valence-corrected chi connectivity index (χ0v) is 14.9. The van der Waals surface area contributed by atoms with E-state index in [-0.39, 0.29) is 12.4 Å². The predicted octanol–water partition coefficient (Wildman–Crippen LogP) is 3.21. The normalized spacial score (nSPS) is 16.4. The smallest absolute Gasteiger partial charge is 0.337 e. The third-order valence-electron chi connectivity index (χ3n) is 4.24. The predicted molar refractivity (Wildman–Crippen MR) is 96.3 cm³/mol. The molecule has 140 valence electrons. The fourth-order valence-corrected chi connectivity index (χ4v) is 2.86. The van der Waals surface area contributed by atoms with Crippen molar-refractivity contribution in [1.29, 1.82) is 0 Å². The van der Waals surface area contributed by atoms with Gasteiger partial charge >= 0.3 is 12.0 Å². The van der Waals surface area contributed by atoms with E-state index >= 15 is 0 Å². The molecule has 1 atom stereocenters. The van der Waals surface area contributed by atoms with Gasteiger partial charge in [0.15, 0.2) is 0 Å². The molecule has 2 N–H and O–H groups in total. The molecule has 0 radical (unpaired) electrons. The summed E-state index contributed by atoms with van der Waals surface area (Å²) in [5, 5.41) is 5.28. The molecule has 6 nitrogen and oxygen atoms in total. The number of hydrogen-bond acceptors (Lipinski definition) is 4. The quantitative estimate of drug-likeness (QED) is 0.793. The maximum Gasteiger partial charge on any atom is 0.337 e. The minimum absolute atomic E-state index is 0.0997. The van der Waals surface area contributed by atoms with E-state index in [1.807, 2.05) is 0 Å². The summed E-state index contributed by atoms with van der Waals surface area (Å²) in [6.45, 7) is 1.74. The summed E-state index contributed by atoms with van der Waals surface area (Å²) in [4.78, 5) is 23.9. The van der Waals surface area contributed by atoms with Gasteiger partial charge in [-0.15, -0.1) is 0 Å². The van der Waals surface area contributed by atoms with Crippen molar-refractivity contribution in [2.75, 3.05) is 7.11 Å². The van der Waals surface area contributed by atoms with Gasteiger partial charge in [-0.2, -0.15) is 0 Å². The van der Waals surface area contributed by atoms with E-state index < -0.39 is 18.0 Å². The maximum atomic E-state index is 13.6. The van der Waals surface area contributed by atoms with E-state index in [1.165, 1.54) is 13.2 Å². The molecular formula is C20H19FN2O4. The lowest BCUT2D eigenvalue weighted by molar-refractivity contribution is -0.136. The monoisotopic (exact) mass is 370 g/mol. The number of urea groups is 1. The van der Waals surface area contributed by atoms with E-state index in [2.05, 4.69) is 10.6 Å². The summed E-state index contributed by atoms with van der Waals surface area (Å²) >= 11 is 0. The molecule has 0 saturated heterocycles. The van der Waals surface area contributed by atoms with Crippen LogP contribution in [-0.4, -0.2) is 19.1 Å². The van der Waals surface area contributed by atoms with E-state index in [4.69, 9.17) is 9.47 Å². The van der Waals surface area contributed by atoms with Gasteiger partial charge in [0.05, 0.1) is 18.7 Å². The van der Waals surface area contributed by atoms with Crippen LogP contribution >= 0.6 is 0 Å². The van der Waals surface area contributed by atoms with Crippen molar-refractivity contribution in [3.05, 3.63) is 76.7 Å². The summed E-state index contributed by atoms with van der Waals surface area (Å²) in [6, 6.07) is 12.3. The van der Waals surface area contributed by atoms with Crippen molar-refractivity contribution in [2.24, 2.45) is 0 Å². The van der Waals surface area contributed by atoms with Crippen LogP contribution in [0.25, 0.3) is 0 Å². The largest absolute Gasteiger partial charge is 0.489 e. The lowest BCUT2D eigenvalue weighted by Gasteiger charge is -2.27. The standard InChI is InChI=1S/C20H19FN2O4/c1-12-17(19(24)26-2)18(23-20(25)22-12)13-7-9-15(10-8-13)27-11-14-5-3-4-6-16(14)21/h3-10,18H,11H2,1-2H3,(H2,22,23,25)/t18-/m0/s1. The van der Waals surface area contributed by atoms with Gasteiger partial charge in [0.25, 0.3) is 0 Å². The zero-order chi connectivity index (χ0) is 19.4. The van der Waals surface area contributed by atoms with Crippen LogP contribution in [0.1, 0.15) is 24.1 Å². The first-order chi connectivity index (χ1) is 13.0. The van der Waals surface area contributed by atoms with Crippen LogP contribution in [0, 0.1) is 5.82 Å². The molecule has 1 heterocycles. The number of amides is 2. The van der Waals surface area contributed by atoms with E-state index in [1.54, 1.807) is 49.4 Å². The first kappa shape index (κ1) is 18.4. The molecule has 2 aromatic rings. The van der Waals surface area contributed by atoms with Gasteiger partial charge in [0.1, 0.15) is 18.2 Å². The molecule has 0 aliphatic carbocycles. The maximum absolute atomic E-state index is 13.6. The summed E-state index contributed by atoms with van der Waals surface area (Å²) in [5.74, 6) is -0.303. The average Bonchev–Trinajstić information content (AvgIpc) is 2.66. The van der Waals surface area contributed by atoms with Gasteiger partial charge in [0, 0.05) is 11.3 Å². The van der Waals surface area contributed by atoms with Gasteiger partial charge in [-0.1, -0.05) is 30.3 Å². The highest BCUT2D eigenvalue weighted by atomic mass is 19.1. The molecule has 7 heteroatoms. The lowest BCUT2D eigenvalue weighted by atomic mass is 9.95. The van der Waals surface area contributed by atoms with Crippen LogP contribution < -0.4 is 15.4 Å². The number of nitrogens with one attached hydrogen (secondary N) is 2. The number of allylic oxidation sites excluding steroid dienone is 1. The van der Waals surface area contributed by atoms with Gasteiger partial charge in [-0.25, -0.2) is 14.0 Å². The molecule has 0 spiro atoms. The van der Waals surface area contributed by atoms with E-state index in [0.717, 1.165) is 0 Å². The Morgan fingerprint density at radius 3 is 2.52 bits per heavy atom. The van der Waals surface area contributed by atoms with Gasteiger partial charge in [0.2, 0.25) is 0 Å². The molecule has 0 bridgehead atoms. The number of ether oxygens (including phenoxy) is 2. The second-order valence-electron chi connectivity index (χ2n) is 6.01. The first-order valence-corrected chi connectivity index (χ1v) is 8.32. The molecule has 1 aliphatic heterocycles. The number of esters is 1. The lowest BCUT2D eigenvalue weighted by Crippen LogP contribution is -2.45. The van der Waals surface area contributed by atoms with Gasteiger partial charge in [-0.3, -0.25) is 0 Å². The highest BCUT2D eigenvalue weighted by Crippen LogP contribution is 2.28. The number of rotatable bonds is 5. The number of carbonyl (C=O) groups is 2. The fourth-order valence-electron chi connectivity index (χ4n) is 2.86. The number of hydrogen-bond donors (Lipinski definition) is 2. The van der Waals surface area contributed by atoms with E-state index in [9.17, 15) is 14.0 Å². The summed E-state index contributed by atoms with van der Waals surface area (Å²) in [7, 11) is 1.29. The topological polar surface area (TPSA) is 76.7 Å². The van der Waals surface area contributed by atoms with E-state index in [0.29, 0.717) is 28.1 Å². The van der Waals surface area contributed by atoms with Crippen LogP contribution in [0.5, 0.6) is 5.75 Å². The van der Waals surface area contributed by atoms with Crippen molar-refractivity contribution in [2.45, 2.75) is 19.6 Å². The Balaban J connectivity index is 1.77.